The molecule has 0 aromatic heterocycles. The van der Waals surface area contributed by atoms with E-state index in [0.29, 0.717) is 25.9 Å². The van der Waals surface area contributed by atoms with Crippen LogP contribution in [0.5, 0.6) is 5.75 Å². The van der Waals surface area contributed by atoms with Gasteiger partial charge in [0.15, 0.2) is 9.84 Å². The molecule has 2 rings (SSSR count). The van der Waals surface area contributed by atoms with Gasteiger partial charge in [0.05, 0.1) is 17.6 Å². The van der Waals surface area contributed by atoms with Crippen LogP contribution in [0.3, 0.4) is 0 Å². The zero-order valence-electron chi connectivity index (χ0n) is 13.0. The number of halogens is 3. The number of ether oxygens (including phenoxy) is 1. The lowest BCUT2D eigenvalue weighted by atomic mass is 10.1. The molecule has 0 aliphatic carbocycles. The summed E-state index contributed by atoms with van der Waals surface area (Å²) in [7, 11) is -3.22. The first-order chi connectivity index (χ1) is 11.2. The molecule has 1 aromatic carbocycles. The number of nitrogens with zero attached hydrogens (tertiary/aromatic N) is 1. The van der Waals surface area contributed by atoms with Gasteiger partial charge in [-0.2, -0.15) is 0 Å². The van der Waals surface area contributed by atoms with Crippen LogP contribution in [0.25, 0.3) is 0 Å². The molecule has 1 atom stereocenters. The largest absolute Gasteiger partial charge is 0.573 e. The smallest absolute Gasteiger partial charge is 0.406 e. The summed E-state index contributed by atoms with van der Waals surface area (Å²) in [6.07, 6.45) is -3.48. The third-order valence-corrected chi connectivity index (χ3v) is 6.00. The van der Waals surface area contributed by atoms with Gasteiger partial charge in [-0.05, 0) is 37.1 Å². The molecule has 24 heavy (non-hydrogen) atoms. The van der Waals surface area contributed by atoms with Gasteiger partial charge in [-0.25, -0.2) is 8.42 Å². The summed E-state index contributed by atoms with van der Waals surface area (Å²) in [6, 6.07) is 5.83. The molecule has 1 N–H and O–H groups in total. The zero-order chi connectivity index (χ0) is 17.8. The van der Waals surface area contributed by atoms with Gasteiger partial charge < -0.3 is 14.7 Å². The maximum Gasteiger partial charge on any atom is 0.573 e. The van der Waals surface area contributed by atoms with E-state index in [1.807, 2.05) is 4.90 Å². The fourth-order valence-electron chi connectivity index (χ4n) is 2.70. The van der Waals surface area contributed by atoms with Gasteiger partial charge >= 0.3 is 6.36 Å². The first kappa shape index (κ1) is 19.0. The van der Waals surface area contributed by atoms with E-state index in [1.165, 1.54) is 18.2 Å². The molecule has 1 aliphatic heterocycles. The monoisotopic (exact) mass is 367 g/mol. The lowest BCUT2D eigenvalue weighted by Crippen LogP contribution is -2.48. The second-order valence-corrected chi connectivity index (χ2v) is 8.17. The van der Waals surface area contributed by atoms with Crippen LogP contribution in [0.4, 0.5) is 13.2 Å². The summed E-state index contributed by atoms with van der Waals surface area (Å²) in [5.41, 5.74) is 0.722. The first-order valence-electron chi connectivity index (χ1n) is 7.59. The van der Waals surface area contributed by atoms with Gasteiger partial charge in [0.2, 0.25) is 0 Å². The number of aryl methyl sites for hydroxylation is 1. The predicted octanol–water partition coefficient (Wildman–Crippen LogP) is 1.61. The van der Waals surface area contributed by atoms with Crippen LogP contribution in [0.1, 0.15) is 12.0 Å². The number of alkyl halides is 3. The lowest BCUT2D eigenvalue weighted by Gasteiger charge is -2.31. The van der Waals surface area contributed by atoms with E-state index in [1.54, 1.807) is 6.07 Å². The second kappa shape index (κ2) is 7.71. The topological polar surface area (TPSA) is 66.8 Å². The maximum atomic E-state index is 12.2. The third kappa shape index (κ3) is 5.64. The minimum atomic E-state index is -4.71. The Hall–Kier alpha value is -1.32. The highest BCUT2D eigenvalue weighted by Gasteiger charge is 2.32. The van der Waals surface area contributed by atoms with Crippen molar-refractivity contribution in [2.75, 3.05) is 32.0 Å². The highest BCUT2D eigenvalue weighted by atomic mass is 32.2. The van der Waals surface area contributed by atoms with Crippen molar-refractivity contribution in [2.24, 2.45) is 0 Å². The van der Waals surface area contributed by atoms with Crippen LogP contribution in [0.2, 0.25) is 0 Å². The third-order valence-electron chi connectivity index (χ3n) is 3.94. The molecule has 1 saturated heterocycles. The molecule has 1 aliphatic rings. The number of benzene rings is 1. The van der Waals surface area contributed by atoms with E-state index in [2.05, 4.69) is 4.74 Å². The molecule has 5 nitrogen and oxygen atoms in total. The molecule has 9 heteroatoms. The summed E-state index contributed by atoms with van der Waals surface area (Å²) in [6.45, 7) is 0.929. The molecule has 0 bridgehead atoms. The standard InChI is InChI=1S/C15H20F3NO4S/c16-15(17,18)23-13-5-1-3-12(9-13)4-2-6-19-7-8-24(21,22)14(10-19)11-20/h1,3,5,9,14,20H,2,4,6-8,10-11H2. The Kier molecular flexibility index (Phi) is 6.11. The van der Waals surface area contributed by atoms with Crippen molar-refractivity contribution in [2.45, 2.75) is 24.5 Å². The quantitative estimate of drug-likeness (QED) is 0.828. The van der Waals surface area contributed by atoms with Crippen molar-refractivity contribution < 1.29 is 31.4 Å². The molecule has 136 valence electrons. The fraction of sp³-hybridized carbons (Fsp3) is 0.600. The molecule has 0 spiro atoms. The molecule has 0 amide bonds. The van der Waals surface area contributed by atoms with E-state index in [9.17, 15) is 21.6 Å². The Morgan fingerprint density at radius 2 is 2.08 bits per heavy atom. The van der Waals surface area contributed by atoms with Crippen molar-refractivity contribution in [1.29, 1.82) is 0 Å². The minimum absolute atomic E-state index is 0.0210. The Labute approximate surface area is 138 Å². The molecular formula is C15H20F3NO4S. The van der Waals surface area contributed by atoms with E-state index in [4.69, 9.17) is 5.11 Å². The number of sulfone groups is 1. The maximum absolute atomic E-state index is 12.2. The molecule has 0 saturated carbocycles. The minimum Gasteiger partial charge on any atom is -0.406 e. The number of hydrogen-bond donors (Lipinski definition) is 1. The van der Waals surface area contributed by atoms with Crippen LogP contribution in [0.15, 0.2) is 24.3 Å². The van der Waals surface area contributed by atoms with Crippen molar-refractivity contribution in [1.82, 2.24) is 4.90 Å². The SMILES string of the molecule is O=S1(=O)CCN(CCCc2cccc(OC(F)(F)F)c2)CC1CO. The van der Waals surface area contributed by atoms with Crippen LogP contribution in [-0.4, -0.2) is 62.0 Å². The summed E-state index contributed by atoms with van der Waals surface area (Å²) >= 11 is 0. The average Bonchev–Trinajstić information content (AvgIpc) is 2.47. The van der Waals surface area contributed by atoms with E-state index in [-0.39, 0.29) is 18.0 Å². The summed E-state index contributed by atoms with van der Waals surface area (Å²) in [4.78, 5) is 1.96. The van der Waals surface area contributed by atoms with Crippen LogP contribution >= 0.6 is 0 Å². The molecule has 0 radical (unpaired) electrons. The van der Waals surface area contributed by atoms with Crippen LogP contribution in [-0.2, 0) is 16.3 Å². The Balaban J connectivity index is 1.83. The van der Waals surface area contributed by atoms with Gasteiger partial charge in [-0.3, -0.25) is 0 Å². The predicted molar refractivity (Wildman–Crippen MR) is 82.5 cm³/mol. The van der Waals surface area contributed by atoms with Crippen LogP contribution < -0.4 is 4.74 Å². The van der Waals surface area contributed by atoms with Crippen molar-refractivity contribution >= 4 is 9.84 Å². The molecule has 1 unspecified atom stereocenters. The molecule has 1 heterocycles. The molecule has 1 fully saturated rings. The number of hydrogen-bond acceptors (Lipinski definition) is 5. The normalized spacial score (nSPS) is 21.6. The van der Waals surface area contributed by atoms with Gasteiger partial charge in [-0.15, -0.1) is 13.2 Å². The Bertz CT molecular complexity index is 648. The van der Waals surface area contributed by atoms with Gasteiger partial charge in [-0.1, -0.05) is 12.1 Å². The van der Waals surface area contributed by atoms with Crippen molar-refractivity contribution in [3.63, 3.8) is 0 Å². The highest BCUT2D eigenvalue weighted by molar-refractivity contribution is 7.92. The Morgan fingerprint density at radius 3 is 2.75 bits per heavy atom. The summed E-state index contributed by atoms with van der Waals surface area (Å²) in [5.74, 6) is -0.225. The highest BCUT2D eigenvalue weighted by Crippen LogP contribution is 2.23. The van der Waals surface area contributed by atoms with Gasteiger partial charge in [0, 0.05) is 13.1 Å². The lowest BCUT2D eigenvalue weighted by molar-refractivity contribution is -0.274. The van der Waals surface area contributed by atoms with Gasteiger partial charge in [0.1, 0.15) is 5.75 Å². The van der Waals surface area contributed by atoms with Crippen molar-refractivity contribution in [3.8, 4) is 5.75 Å². The fourth-order valence-corrected chi connectivity index (χ4v) is 4.21. The van der Waals surface area contributed by atoms with Crippen molar-refractivity contribution in [3.05, 3.63) is 29.8 Å². The first-order valence-corrected chi connectivity index (χ1v) is 9.30. The number of aliphatic hydroxyl groups excluding tert-OH is 1. The van der Waals surface area contributed by atoms with E-state index < -0.39 is 28.1 Å². The van der Waals surface area contributed by atoms with Gasteiger partial charge in [0.25, 0.3) is 0 Å². The zero-order valence-corrected chi connectivity index (χ0v) is 13.8. The molecule has 1 aromatic rings. The Morgan fingerprint density at radius 1 is 1.33 bits per heavy atom. The summed E-state index contributed by atoms with van der Waals surface area (Å²) in [5, 5.41) is 8.40. The van der Waals surface area contributed by atoms with E-state index >= 15 is 0 Å². The molecular weight excluding hydrogens is 347 g/mol. The number of aliphatic hydroxyl groups is 1. The number of rotatable bonds is 6. The second-order valence-electron chi connectivity index (χ2n) is 5.77. The summed E-state index contributed by atoms with van der Waals surface area (Å²) < 4.78 is 63.9. The van der Waals surface area contributed by atoms with Crippen LogP contribution in [0, 0.1) is 0 Å². The average molecular weight is 367 g/mol. The van der Waals surface area contributed by atoms with E-state index in [0.717, 1.165) is 5.56 Å².